The topological polar surface area (TPSA) is 90.2 Å². The van der Waals surface area contributed by atoms with Gasteiger partial charge in [0.15, 0.2) is 12.4 Å². The van der Waals surface area contributed by atoms with Crippen LogP contribution in [0, 0.1) is 5.92 Å². The molecule has 0 saturated carbocycles. The minimum atomic E-state index is -5.75. The van der Waals surface area contributed by atoms with Crippen molar-refractivity contribution < 1.29 is 30.9 Å². The number of alkyl halides is 5. The van der Waals surface area contributed by atoms with Crippen LogP contribution in [-0.4, -0.2) is 55.0 Å². The Labute approximate surface area is 201 Å². The van der Waals surface area contributed by atoms with Crippen molar-refractivity contribution in [1.82, 2.24) is 20.2 Å². The number of allylic oxidation sites excluding steroid dienone is 2. The highest BCUT2D eigenvalue weighted by Crippen LogP contribution is 2.36. The van der Waals surface area contributed by atoms with Crippen molar-refractivity contribution in [2.45, 2.75) is 39.3 Å². The highest BCUT2D eigenvalue weighted by Gasteiger charge is 2.58. The predicted molar refractivity (Wildman–Crippen MR) is 123 cm³/mol. The van der Waals surface area contributed by atoms with Gasteiger partial charge in [-0.25, -0.2) is 9.97 Å². The Hall–Kier alpha value is -3.09. The summed E-state index contributed by atoms with van der Waals surface area (Å²) in [5.41, 5.74) is 1.01. The fraction of sp³-hybridized carbons (Fsp3) is 0.409. The molecule has 0 bridgehead atoms. The van der Waals surface area contributed by atoms with Crippen LogP contribution in [0.4, 0.5) is 22.0 Å². The molecule has 0 N–H and O–H groups in total. The first-order valence-corrected chi connectivity index (χ1v) is 11.8. The van der Waals surface area contributed by atoms with Gasteiger partial charge < -0.3 is 4.74 Å². The van der Waals surface area contributed by atoms with Gasteiger partial charge in [0.25, 0.3) is 0 Å². The molecule has 0 amide bonds. The Morgan fingerprint density at radius 2 is 1.83 bits per heavy atom. The van der Waals surface area contributed by atoms with Gasteiger partial charge in [0.1, 0.15) is 5.70 Å². The third kappa shape index (κ3) is 7.44. The van der Waals surface area contributed by atoms with E-state index >= 15 is 0 Å². The highest BCUT2D eigenvalue weighted by molar-refractivity contribution is 7.90. The zero-order valence-electron chi connectivity index (χ0n) is 19.2. The SMILES string of the molecule is C=C(N=C/C(=C(/c1ccc(OCC(F)(F)C(F)(F)F)nn1)C(C)CC)S(=O)CC)c1ncccn1. The van der Waals surface area contributed by atoms with E-state index in [0.717, 1.165) is 6.07 Å². The standard InChI is InChI=1S/C22H24F5N5O2S/c1-5-14(3)19(16-8-9-18(32-31-16)34-13-21(23,24)22(25,26)27)17(35(33)6-2)12-30-15(4)20-28-10-7-11-29-20/h7-12,14H,4-6,13H2,1-3H3/b19-17-,30-12?. The molecule has 2 heterocycles. The van der Waals surface area contributed by atoms with Crippen LogP contribution in [0.15, 0.2) is 47.1 Å². The number of halogens is 5. The molecular weight excluding hydrogens is 493 g/mol. The average molecular weight is 518 g/mol. The van der Waals surface area contributed by atoms with Gasteiger partial charge in [0.05, 0.1) is 21.4 Å². The van der Waals surface area contributed by atoms with E-state index in [9.17, 15) is 26.2 Å². The molecule has 0 saturated heterocycles. The molecule has 2 atom stereocenters. The molecule has 2 rings (SSSR count). The second-order valence-corrected chi connectivity index (χ2v) is 8.95. The number of ether oxygens (including phenoxy) is 1. The number of aromatic nitrogens is 4. The van der Waals surface area contributed by atoms with Crippen molar-refractivity contribution in [1.29, 1.82) is 0 Å². The summed E-state index contributed by atoms with van der Waals surface area (Å²) in [6.45, 7) is 7.37. The molecule has 0 aliphatic carbocycles. The number of aliphatic imine (C=N–C) groups is 1. The fourth-order valence-electron chi connectivity index (χ4n) is 2.66. The van der Waals surface area contributed by atoms with Crippen molar-refractivity contribution in [3.05, 3.63) is 53.6 Å². The highest BCUT2D eigenvalue weighted by atomic mass is 32.2. The molecule has 2 unspecified atom stereocenters. The summed E-state index contributed by atoms with van der Waals surface area (Å²) in [7, 11) is -1.50. The minimum absolute atomic E-state index is 0.177. The lowest BCUT2D eigenvalue weighted by Crippen LogP contribution is -2.41. The van der Waals surface area contributed by atoms with Gasteiger partial charge in [-0.15, -0.1) is 10.2 Å². The van der Waals surface area contributed by atoms with Gasteiger partial charge in [-0.3, -0.25) is 9.20 Å². The maximum atomic E-state index is 13.1. The van der Waals surface area contributed by atoms with Crippen molar-refractivity contribution >= 4 is 28.3 Å². The molecule has 0 spiro atoms. The van der Waals surface area contributed by atoms with E-state index in [0.29, 0.717) is 16.9 Å². The summed E-state index contributed by atoms with van der Waals surface area (Å²) in [4.78, 5) is 12.7. The average Bonchev–Trinajstić information content (AvgIpc) is 2.84. The molecule has 190 valence electrons. The minimum Gasteiger partial charge on any atom is -0.470 e. The molecule has 2 aromatic heterocycles. The van der Waals surface area contributed by atoms with Gasteiger partial charge in [-0.1, -0.05) is 27.4 Å². The quantitative estimate of drug-likeness (QED) is 0.304. The smallest absolute Gasteiger partial charge is 0.456 e. The largest absolute Gasteiger partial charge is 0.470 e. The van der Waals surface area contributed by atoms with Crippen LogP contribution in [0.25, 0.3) is 11.3 Å². The Balaban J connectivity index is 2.42. The van der Waals surface area contributed by atoms with Gasteiger partial charge in [-0.2, -0.15) is 22.0 Å². The van der Waals surface area contributed by atoms with Crippen LogP contribution < -0.4 is 4.74 Å². The summed E-state index contributed by atoms with van der Waals surface area (Å²) >= 11 is 0. The van der Waals surface area contributed by atoms with Crippen molar-refractivity contribution in [3.8, 4) is 5.88 Å². The number of hydrogen-bond donors (Lipinski definition) is 0. The molecule has 35 heavy (non-hydrogen) atoms. The molecule has 0 fully saturated rings. The van der Waals surface area contributed by atoms with E-state index in [1.165, 1.54) is 24.7 Å². The Morgan fingerprint density at radius 3 is 2.34 bits per heavy atom. The molecular formula is C22H24F5N5O2S. The number of rotatable bonds is 11. The first-order chi connectivity index (χ1) is 16.4. The van der Waals surface area contributed by atoms with Crippen LogP contribution in [0.3, 0.4) is 0 Å². The predicted octanol–water partition coefficient (Wildman–Crippen LogP) is 5.11. The lowest BCUT2D eigenvalue weighted by molar-refractivity contribution is -0.290. The summed E-state index contributed by atoms with van der Waals surface area (Å²) < 4.78 is 80.7. The number of hydrogen-bond acceptors (Lipinski definition) is 7. The monoisotopic (exact) mass is 517 g/mol. The van der Waals surface area contributed by atoms with Crippen molar-refractivity contribution in [2.75, 3.05) is 12.4 Å². The summed E-state index contributed by atoms with van der Waals surface area (Å²) in [5.74, 6) is -5.18. The maximum absolute atomic E-state index is 13.1. The zero-order chi connectivity index (χ0) is 26.2. The van der Waals surface area contributed by atoms with E-state index in [1.807, 2.05) is 13.8 Å². The van der Waals surface area contributed by atoms with E-state index in [2.05, 4.69) is 36.5 Å². The van der Waals surface area contributed by atoms with Crippen LogP contribution in [0.2, 0.25) is 0 Å². The van der Waals surface area contributed by atoms with Gasteiger partial charge in [0, 0.05) is 36.0 Å². The van der Waals surface area contributed by atoms with Crippen LogP contribution >= 0.6 is 0 Å². The molecule has 2 aromatic rings. The van der Waals surface area contributed by atoms with E-state index in [4.69, 9.17) is 0 Å². The van der Waals surface area contributed by atoms with Gasteiger partial charge >= 0.3 is 12.1 Å². The first kappa shape index (κ1) is 28.1. The summed E-state index contributed by atoms with van der Waals surface area (Å²) in [6.07, 6.45) is -0.694. The third-order valence-electron chi connectivity index (χ3n) is 4.77. The fourth-order valence-corrected chi connectivity index (χ4v) is 3.69. The lowest BCUT2D eigenvalue weighted by Gasteiger charge is -2.19. The maximum Gasteiger partial charge on any atom is 0.456 e. The summed E-state index contributed by atoms with van der Waals surface area (Å²) in [5, 5.41) is 7.56. The third-order valence-corrected chi connectivity index (χ3v) is 6.11. The van der Waals surface area contributed by atoms with Gasteiger partial charge in [0.2, 0.25) is 5.88 Å². The molecule has 0 aliphatic heterocycles. The lowest BCUT2D eigenvalue weighted by atomic mass is 9.95. The Bertz CT molecular complexity index is 1090. The van der Waals surface area contributed by atoms with E-state index < -0.39 is 35.4 Å². The molecule has 0 aromatic carbocycles. The zero-order valence-corrected chi connectivity index (χ0v) is 20.0. The molecule has 13 heteroatoms. The molecule has 0 aliphatic rings. The summed E-state index contributed by atoms with van der Waals surface area (Å²) in [6, 6.07) is 4.11. The second-order valence-electron chi connectivity index (χ2n) is 7.25. The Kier molecular flexibility index (Phi) is 9.69. The van der Waals surface area contributed by atoms with Crippen molar-refractivity contribution in [3.63, 3.8) is 0 Å². The van der Waals surface area contributed by atoms with E-state index in [1.54, 1.807) is 13.0 Å². The molecule has 7 nitrogen and oxygen atoms in total. The van der Waals surface area contributed by atoms with E-state index in [-0.39, 0.29) is 28.9 Å². The van der Waals surface area contributed by atoms with Crippen molar-refractivity contribution in [2.24, 2.45) is 10.9 Å². The number of nitrogens with zero attached hydrogens (tertiary/aromatic N) is 5. The van der Waals surface area contributed by atoms with Crippen LogP contribution in [0.1, 0.15) is 38.7 Å². The van der Waals surface area contributed by atoms with Crippen LogP contribution in [-0.2, 0) is 10.8 Å². The normalized spacial score (nSPS) is 15.0. The molecule has 0 radical (unpaired) electrons. The first-order valence-electron chi connectivity index (χ1n) is 10.5. The Morgan fingerprint density at radius 1 is 1.17 bits per heavy atom. The van der Waals surface area contributed by atoms with Crippen LogP contribution in [0.5, 0.6) is 5.88 Å². The second kappa shape index (κ2) is 12.0. The van der Waals surface area contributed by atoms with Gasteiger partial charge in [-0.05, 0) is 24.5 Å².